The lowest BCUT2D eigenvalue weighted by Crippen LogP contribution is -2.32. The first kappa shape index (κ1) is 107. The number of aryl methyl sites for hydroxylation is 25. The Morgan fingerprint density at radius 1 is 0.199 bits per heavy atom. The lowest BCUT2D eigenvalue weighted by molar-refractivity contribution is -0.661. The molecular weight excluding hydrogens is 1790 g/mol. The van der Waals surface area contributed by atoms with Crippen LogP contribution in [0.1, 0.15) is 238 Å². The highest BCUT2D eigenvalue weighted by atomic mass is 19.1. The van der Waals surface area contributed by atoms with E-state index in [9.17, 15) is 8.78 Å². The predicted molar refractivity (Wildman–Crippen MR) is 603 cm³/mol. The molecule has 10 nitrogen and oxygen atoms in total. The van der Waals surface area contributed by atoms with Crippen molar-refractivity contribution in [3.8, 4) is 119 Å². The first-order chi connectivity index (χ1) is 69.2. The Morgan fingerprint density at radius 2 is 0.459 bits per heavy atom. The number of pyridine rings is 5. The quantitative estimate of drug-likeness (QED) is 0.0769. The molecule has 0 unspecified atom stereocenters. The van der Waals surface area contributed by atoms with Crippen molar-refractivity contribution < 1.29 is 36.0 Å². The molecule has 10 aromatic heterocycles. The van der Waals surface area contributed by atoms with E-state index in [1.807, 2.05) is 78.5 Å². The summed E-state index contributed by atoms with van der Waals surface area (Å²) in [5, 5.41) is 0. The second-order valence-corrected chi connectivity index (χ2v) is 42.7. The Morgan fingerprint density at radius 3 is 0.795 bits per heavy atom. The van der Waals surface area contributed by atoms with Gasteiger partial charge in [0.05, 0.1) is 28.4 Å². The number of hydrogen-bond acceptors (Lipinski definition) is 0. The maximum atomic E-state index is 15.4. The number of hydrogen-bond donors (Lipinski definition) is 0. The van der Waals surface area contributed by atoms with E-state index in [2.05, 4.69) is 450 Å². The van der Waals surface area contributed by atoms with Crippen LogP contribution >= 0.6 is 0 Å². The van der Waals surface area contributed by atoms with Gasteiger partial charge in [-0.1, -0.05) is 233 Å². The zero-order valence-corrected chi connectivity index (χ0v) is 93.4. The second-order valence-electron chi connectivity index (χ2n) is 42.7. The zero-order chi connectivity index (χ0) is 106. The van der Waals surface area contributed by atoms with Gasteiger partial charge in [0.15, 0.2) is 48.8 Å². The van der Waals surface area contributed by atoms with E-state index in [1.165, 1.54) is 173 Å². The van der Waals surface area contributed by atoms with Crippen molar-refractivity contribution in [3.05, 3.63) is 425 Å². The Bertz CT molecular complexity index is 7750. The molecule has 18 rings (SSSR count). The van der Waals surface area contributed by atoms with E-state index in [4.69, 9.17) is 0 Å². The monoisotopic (exact) mass is 1950 g/mol. The Hall–Kier alpha value is -14.3. The SMILES string of the molecule is Cc1cc(-c2c(C)cc(C)n2-c2c(-c3ccccc3)cccc2-c2ccccc2)[n+](C)cc1C.Cc1cc(-c2c(C)cc(C)n2-c2c(C(C)C)cc(-c3ccccc3)cc2C(C)C)[n+](C)cc1C.Cc1cc(-c2c(C)cc(F)n2-c2c(C(C)C)cccc2C(C)C)[n+](C)cc1C.Cc1cc(-c2c(C)cc(F)n2-c2ccccc2C(C)C)[n+](C)cc1C.Cc1cc(C)c(-n2c(F)cc(C)c2-c2cc(C)c(C)c[n+]2C)c(C)c1. The van der Waals surface area contributed by atoms with Gasteiger partial charge in [-0.15, -0.1) is 0 Å². The van der Waals surface area contributed by atoms with Crippen LogP contribution < -0.4 is 22.8 Å². The fourth-order valence-electron chi connectivity index (χ4n) is 21.4. The van der Waals surface area contributed by atoms with Crippen LogP contribution in [0.5, 0.6) is 0 Å². The second kappa shape index (κ2) is 44.7. The van der Waals surface area contributed by atoms with Crippen LogP contribution in [-0.2, 0) is 35.2 Å². The van der Waals surface area contributed by atoms with Crippen LogP contribution in [0.15, 0.2) is 268 Å². The third kappa shape index (κ3) is 22.0. The van der Waals surface area contributed by atoms with Gasteiger partial charge in [0.2, 0.25) is 28.5 Å². The maximum Gasteiger partial charge on any atom is 0.229 e. The highest BCUT2D eigenvalue weighted by molar-refractivity contribution is 5.88. The minimum Gasteiger partial charge on any atom is -0.308 e. The summed E-state index contributed by atoms with van der Waals surface area (Å²) in [7, 11) is 10.4. The lowest BCUT2D eigenvalue weighted by Gasteiger charge is -2.25. The molecule has 146 heavy (non-hydrogen) atoms. The van der Waals surface area contributed by atoms with E-state index in [0.717, 1.165) is 84.6 Å². The van der Waals surface area contributed by atoms with E-state index < -0.39 is 0 Å². The van der Waals surface area contributed by atoms with Crippen molar-refractivity contribution in [1.82, 2.24) is 22.8 Å². The zero-order valence-electron chi connectivity index (χ0n) is 93.4. The highest BCUT2D eigenvalue weighted by Gasteiger charge is 2.34. The maximum absolute atomic E-state index is 15.4. The Balaban J connectivity index is 0.000000145. The smallest absolute Gasteiger partial charge is 0.229 e. The van der Waals surface area contributed by atoms with Gasteiger partial charge >= 0.3 is 0 Å². The number of aromatic nitrogens is 10. The van der Waals surface area contributed by atoms with Crippen molar-refractivity contribution >= 4 is 0 Å². The molecule has 18 aromatic rings. The molecule has 0 aliphatic carbocycles. The van der Waals surface area contributed by atoms with E-state index in [0.29, 0.717) is 29.6 Å². The molecular formula is C133H154F3N10+5. The molecule has 0 fully saturated rings. The van der Waals surface area contributed by atoms with Gasteiger partial charge in [-0.3, -0.25) is 13.7 Å². The third-order valence-corrected chi connectivity index (χ3v) is 29.5. The topological polar surface area (TPSA) is 44.0 Å². The van der Waals surface area contributed by atoms with Crippen LogP contribution in [-0.4, -0.2) is 22.8 Å². The molecule has 0 atom stereocenters. The largest absolute Gasteiger partial charge is 0.308 e. The molecule has 0 radical (unpaired) electrons. The number of halogens is 3. The number of para-hydroxylation sites is 3. The summed E-state index contributed by atoms with van der Waals surface area (Å²) in [6, 6.07) is 83.1. The summed E-state index contributed by atoms with van der Waals surface area (Å²) in [5.74, 6) is 1.08. The van der Waals surface area contributed by atoms with Gasteiger partial charge in [0.1, 0.15) is 63.7 Å². The molecule has 0 aliphatic heterocycles. The first-order valence-corrected chi connectivity index (χ1v) is 51.9. The van der Waals surface area contributed by atoms with Crippen LogP contribution in [0.2, 0.25) is 0 Å². The number of rotatable bonds is 18. The van der Waals surface area contributed by atoms with Gasteiger partial charge < -0.3 is 9.13 Å². The summed E-state index contributed by atoms with van der Waals surface area (Å²) in [6.45, 7) is 64.7. The van der Waals surface area contributed by atoms with Crippen molar-refractivity contribution in [2.45, 2.75) is 237 Å². The summed E-state index contributed by atoms with van der Waals surface area (Å²) >= 11 is 0. The molecule has 0 N–H and O–H groups in total. The van der Waals surface area contributed by atoms with Crippen LogP contribution in [0.25, 0.3) is 119 Å². The molecule has 752 valence electrons. The Kier molecular flexibility index (Phi) is 32.9. The molecule has 8 aromatic carbocycles. The Labute approximate surface area is 869 Å². The van der Waals surface area contributed by atoms with Gasteiger partial charge in [0, 0.05) is 80.7 Å². The molecule has 0 aliphatic rings. The molecule has 13 heteroatoms. The van der Waals surface area contributed by atoms with Crippen molar-refractivity contribution in [3.63, 3.8) is 0 Å². The first-order valence-electron chi connectivity index (χ1n) is 51.9. The number of benzene rings is 8. The predicted octanol–water partition coefficient (Wildman–Crippen LogP) is 32.0. The molecule has 0 amide bonds. The highest BCUT2D eigenvalue weighted by Crippen LogP contribution is 2.46. The minimum atomic E-state index is -0.223. The van der Waals surface area contributed by atoms with E-state index >= 15 is 4.39 Å². The van der Waals surface area contributed by atoms with Crippen molar-refractivity contribution in [2.24, 2.45) is 35.2 Å². The van der Waals surface area contributed by atoms with Gasteiger partial charge in [-0.2, -0.15) is 36.0 Å². The minimum absolute atomic E-state index is 0.208. The standard InChI is InChI=1S/C32H31N2.C32H39N2.C25H32FN2.2C22H26FN2/c1-22-20-30(33(5)21-24(22)3)31-23(2)19-25(4)34(31)32-28(26-13-8-6-9-14-26)17-12-18-29(32)27-15-10-7-11-16-27;1-20(2)28-17-27(26-13-11-10-12-14-26)18-29(21(3)4)32(28)34-25(8)15-23(6)31(34)30-16-22(5)24(7)19-33(30)9;1-15(2)20-10-9-11-21(16(3)4)25(20)28-23(26)13-18(6)24(28)22-12-17(5)19(7)14-27(22)8;1-13-8-15(3)21(16(4)9-13)25-20(23)11-17(5)22(25)19-10-14(2)18(6)12-24(19)7;1-14(2)18-9-7-8-10-19(18)25-21(23)12-16(4)22(25)20-11-15(3)17(5)13-24(20)6/h6-21H,1-5H3;10-21H,1-9H3;9-16H,1-8H3;8-12H,1-7H3;7-14H,1-6H3/q5*+1. The van der Waals surface area contributed by atoms with Crippen LogP contribution in [0, 0.1) is 156 Å². The fraction of sp³-hybridized carbons (Fsp3) is 0.301. The van der Waals surface area contributed by atoms with Gasteiger partial charge in [-0.25, -0.2) is 0 Å². The van der Waals surface area contributed by atoms with Crippen LogP contribution in [0.3, 0.4) is 0 Å². The van der Waals surface area contributed by atoms with Crippen molar-refractivity contribution in [2.75, 3.05) is 0 Å². The van der Waals surface area contributed by atoms with Gasteiger partial charge in [0.25, 0.3) is 0 Å². The average Bonchev–Trinajstić information content (AvgIpc) is 1.64. The van der Waals surface area contributed by atoms with Crippen molar-refractivity contribution in [1.29, 1.82) is 0 Å². The normalized spacial score (nSPS) is 11.4. The molecule has 0 bridgehead atoms. The van der Waals surface area contributed by atoms with Crippen LogP contribution in [0.4, 0.5) is 13.2 Å². The average molecular weight is 1950 g/mol. The molecule has 0 saturated carbocycles. The van der Waals surface area contributed by atoms with Gasteiger partial charge in [-0.05, 0) is 333 Å². The van der Waals surface area contributed by atoms with E-state index in [-0.39, 0.29) is 17.8 Å². The summed E-state index contributed by atoms with van der Waals surface area (Å²) < 4.78 is 66.5. The molecule has 0 saturated heterocycles. The molecule has 0 spiro atoms. The number of nitrogens with zero attached hydrogens (tertiary/aromatic N) is 10. The third-order valence-electron chi connectivity index (χ3n) is 29.5. The lowest BCUT2D eigenvalue weighted by atomic mass is 9.88. The summed E-state index contributed by atoms with van der Waals surface area (Å²) in [6.07, 6.45) is 10.8. The van der Waals surface area contributed by atoms with E-state index in [1.54, 1.807) is 27.3 Å². The fourth-order valence-corrected chi connectivity index (χ4v) is 21.4. The summed E-state index contributed by atoms with van der Waals surface area (Å²) in [4.78, 5) is 0. The summed E-state index contributed by atoms with van der Waals surface area (Å²) in [5.41, 5.74) is 53.8. The molecule has 10 heterocycles.